The third-order valence-electron chi connectivity index (χ3n) is 15.1. The highest BCUT2D eigenvalue weighted by atomic mass is 16.6. The van der Waals surface area contributed by atoms with Crippen molar-refractivity contribution in [1.82, 2.24) is 0 Å². The van der Waals surface area contributed by atoms with Crippen molar-refractivity contribution in [3.05, 3.63) is 97.2 Å². The average molecular weight is 1130 g/mol. The molecule has 1 unspecified atom stereocenters. The molecule has 0 amide bonds. The van der Waals surface area contributed by atoms with Gasteiger partial charge in [-0.15, -0.1) is 0 Å². The normalized spacial score (nSPS) is 12.7. The number of hydrogen-bond acceptors (Lipinski definition) is 6. The summed E-state index contributed by atoms with van der Waals surface area (Å²) in [7, 11) is 0. The highest BCUT2D eigenvalue weighted by Gasteiger charge is 2.19. The fourth-order valence-corrected chi connectivity index (χ4v) is 9.87. The minimum atomic E-state index is -0.810. The summed E-state index contributed by atoms with van der Waals surface area (Å²) >= 11 is 0. The van der Waals surface area contributed by atoms with Crippen molar-refractivity contribution >= 4 is 17.9 Å². The van der Waals surface area contributed by atoms with E-state index in [4.69, 9.17) is 14.2 Å². The van der Waals surface area contributed by atoms with Crippen molar-refractivity contribution in [2.75, 3.05) is 13.2 Å². The Balaban J connectivity index is 4.32. The van der Waals surface area contributed by atoms with Gasteiger partial charge in [-0.05, 0) is 109 Å². The van der Waals surface area contributed by atoms with Crippen LogP contribution in [0.3, 0.4) is 0 Å². The van der Waals surface area contributed by atoms with Gasteiger partial charge in [0.15, 0.2) is 6.10 Å². The van der Waals surface area contributed by atoms with E-state index in [0.717, 1.165) is 77.0 Å². The maximum atomic E-state index is 12.9. The zero-order valence-electron chi connectivity index (χ0n) is 53.5. The second-order valence-electron chi connectivity index (χ2n) is 23.1. The summed E-state index contributed by atoms with van der Waals surface area (Å²) in [6, 6.07) is 0. The van der Waals surface area contributed by atoms with Crippen LogP contribution < -0.4 is 0 Å². The van der Waals surface area contributed by atoms with Gasteiger partial charge in [0.1, 0.15) is 13.2 Å². The van der Waals surface area contributed by atoms with E-state index in [0.29, 0.717) is 19.3 Å². The Morgan fingerprint density at radius 3 is 0.840 bits per heavy atom. The van der Waals surface area contributed by atoms with Crippen LogP contribution in [0.4, 0.5) is 0 Å². The second kappa shape index (κ2) is 68.8. The molecule has 81 heavy (non-hydrogen) atoms. The Kier molecular flexibility index (Phi) is 65.7. The van der Waals surface area contributed by atoms with Crippen molar-refractivity contribution in [3.63, 3.8) is 0 Å². The van der Waals surface area contributed by atoms with E-state index in [1.807, 2.05) is 6.08 Å². The van der Waals surface area contributed by atoms with Crippen LogP contribution in [0.5, 0.6) is 0 Å². The lowest BCUT2D eigenvalue weighted by Crippen LogP contribution is -2.30. The van der Waals surface area contributed by atoms with E-state index >= 15 is 0 Å². The van der Waals surface area contributed by atoms with E-state index in [-0.39, 0.29) is 37.5 Å². The van der Waals surface area contributed by atoms with Gasteiger partial charge in [0.2, 0.25) is 0 Å². The molecule has 0 saturated heterocycles. The van der Waals surface area contributed by atoms with Gasteiger partial charge in [0.25, 0.3) is 0 Å². The molecule has 0 N–H and O–H groups in total. The number of unbranched alkanes of at least 4 members (excludes halogenated alkanes) is 36. The fourth-order valence-electron chi connectivity index (χ4n) is 9.87. The first-order valence-electron chi connectivity index (χ1n) is 34.7. The molecule has 0 aromatic heterocycles. The summed E-state index contributed by atoms with van der Waals surface area (Å²) < 4.78 is 16.9. The van der Waals surface area contributed by atoms with Crippen molar-refractivity contribution in [3.8, 4) is 0 Å². The van der Waals surface area contributed by atoms with Crippen LogP contribution in [0.2, 0.25) is 0 Å². The highest BCUT2D eigenvalue weighted by Crippen LogP contribution is 2.17. The third-order valence-corrected chi connectivity index (χ3v) is 15.1. The van der Waals surface area contributed by atoms with Crippen LogP contribution in [0.15, 0.2) is 97.2 Å². The van der Waals surface area contributed by atoms with E-state index in [1.54, 1.807) is 0 Å². The number of rotatable bonds is 63. The van der Waals surface area contributed by atoms with Crippen LogP contribution in [0.1, 0.15) is 342 Å². The summed E-state index contributed by atoms with van der Waals surface area (Å²) in [5.74, 6) is -0.976. The van der Waals surface area contributed by atoms with Gasteiger partial charge in [-0.1, -0.05) is 311 Å². The van der Waals surface area contributed by atoms with E-state index in [1.165, 1.54) is 218 Å². The zero-order chi connectivity index (χ0) is 58.5. The molecule has 0 aliphatic carbocycles. The first-order chi connectivity index (χ1) is 40.0. The van der Waals surface area contributed by atoms with Crippen molar-refractivity contribution < 1.29 is 28.6 Å². The molecule has 6 heteroatoms. The largest absolute Gasteiger partial charge is 0.462 e. The molecule has 0 aromatic carbocycles. The lowest BCUT2D eigenvalue weighted by atomic mass is 10.0. The predicted octanol–water partition coefficient (Wildman–Crippen LogP) is 24.0. The number of carbonyl (C=O) groups excluding carboxylic acids is 3. The number of hydrogen-bond donors (Lipinski definition) is 0. The molecule has 0 rings (SSSR count). The molecule has 0 spiro atoms. The Bertz CT molecular complexity index is 1580. The monoisotopic (exact) mass is 1130 g/mol. The topological polar surface area (TPSA) is 78.9 Å². The van der Waals surface area contributed by atoms with Gasteiger partial charge in [-0.25, -0.2) is 0 Å². The number of ether oxygens (including phenoxy) is 3. The van der Waals surface area contributed by atoms with Gasteiger partial charge in [0, 0.05) is 19.3 Å². The summed E-state index contributed by atoms with van der Waals surface area (Å²) in [4.78, 5) is 38.3. The average Bonchev–Trinajstić information content (AvgIpc) is 3.46. The highest BCUT2D eigenvalue weighted by molar-refractivity contribution is 5.71. The summed E-state index contributed by atoms with van der Waals surface area (Å²) in [6.07, 6.45) is 93.1. The van der Waals surface area contributed by atoms with E-state index in [2.05, 4.69) is 112 Å². The molecule has 1 atom stereocenters. The Morgan fingerprint density at radius 1 is 0.259 bits per heavy atom. The van der Waals surface area contributed by atoms with Gasteiger partial charge in [0.05, 0.1) is 0 Å². The van der Waals surface area contributed by atoms with Crippen LogP contribution in [0.25, 0.3) is 0 Å². The number of esters is 3. The first-order valence-corrected chi connectivity index (χ1v) is 34.7. The van der Waals surface area contributed by atoms with Crippen LogP contribution in [-0.2, 0) is 28.6 Å². The molecular weight excluding hydrogens is 997 g/mol. The molecule has 466 valence electrons. The van der Waals surface area contributed by atoms with Gasteiger partial charge >= 0.3 is 17.9 Å². The van der Waals surface area contributed by atoms with Crippen LogP contribution in [0, 0.1) is 0 Å². The second-order valence-corrected chi connectivity index (χ2v) is 23.1. The van der Waals surface area contributed by atoms with Gasteiger partial charge < -0.3 is 14.2 Å². The third kappa shape index (κ3) is 67.0. The number of carbonyl (C=O) groups is 3. The molecule has 0 heterocycles. The van der Waals surface area contributed by atoms with Crippen molar-refractivity contribution in [1.29, 1.82) is 0 Å². The summed E-state index contributed by atoms with van der Waals surface area (Å²) in [5, 5.41) is 0. The van der Waals surface area contributed by atoms with Crippen molar-refractivity contribution in [2.24, 2.45) is 0 Å². The van der Waals surface area contributed by atoms with E-state index in [9.17, 15) is 14.4 Å². The molecule has 0 radical (unpaired) electrons. The minimum Gasteiger partial charge on any atom is -0.462 e. The lowest BCUT2D eigenvalue weighted by Gasteiger charge is -2.18. The summed E-state index contributed by atoms with van der Waals surface area (Å²) in [5.41, 5.74) is 0. The Hall–Kier alpha value is -3.67. The SMILES string of the molecule is CC/C=C\C/C=C\C/C=C\C/C=C\CCC(=O)OCC(COC(=O)CCCCCCCCCCCC/C=C\C/C=C\C/C=C\CCCCCCC)OC(=O)CCCCCCCCCCCCCCC/C=C\CCCCCCCCCC. The smallest absolute Gasteiger partial charge is 0.306 e. The van der Waals surface area contributed by atoms with Gasteiger partial charge in [-0.2, -0.15) is 0 Å². The molecule has 0 saturated carbocycles. The zero-order valence-corrected chi connectivity index (χ0v) is 53.5. The minimum absolute atomic E-state index is 0.100. The maximum Gasteiger partial charge on any atom is 0.306 e. The molecule has 6 nitrogen and oxygen atoms in total. The van der Waals surface area contributed by atoms with Crippen LogP contribution >= 0.6 is 0 Å². The fraction of sp³-hybridized carbons (Fsp3) is 0.747. The van der Waals surface area contributed by atoms with E-state index < -0.39 is 6.10 Å². The molecule has 0 aromatic rings. The quantitative estimate of drug-likeness (QED) is 0.0261. The number of allylic oxidation sites excluding steroid dienone is 16. The Labute approximate surface area is 502 Å². The lowest BCUT2D eigenvalue weighted by molar-refractivity contribution is -0.166. The molecule has 0 bridgehead atoms. The molecular formula is C75H130O6. The molecule has 0 aliphatic heterocycles. The summed E-state index contributed by atoms with van der Waals surface area (Å²) in [6.45, 7) is 6.48. The standard InChI is InChI=1S/C75H130O6/c1-4-7-10-13-16-19-22-25-27-29-31-33-35-37-39-41-43-45-47-50-53-56-59-62-65-68-74(77)80-71-72(70-79-73(76)67-64-61-58-55-52-49-24-21-18-15-12-9-6-3)81-75(78)69-66-63-60-57-54-51-48-46-44-42-40-38-36-34-32-30-28-26-23-20-17-14-11-8-5-2/h9,12,18,21-22,25,29-32,35,37,49,52,58,61,72H,4-8,10-11,13-17,19-20,23-24,26-28,33-34,36,38-48,50-51,53-57,59-60,62-71H2,1-3H3/b12-9-,21-18-,25-22-,31-29-,32-30-,37-35-,52-49-,61-58-. The Morgan fingerprint density at radius 2 is 0.506 bits per heavy atom. The van der Waals surface area contributed by atoms with Gasteiger partial charge in [-0.3, -0.25) is 14.4 Å². The maximum absolute atomic E-state index is 12.9. The first kappa shape index (κ1) is 77.3. The molecule has 0 aliphatic rings. The predicted molar refractivity (Wildman–Crippen MR) is 353 cm³/mol. The molecule has 0 fully saturated rings. The van der Waals surface area contributed by atoms with Crippen molar-refractivity contribution in [2.45, 2.75) is 348 Å². The van der Waals surface area contributed by atoms with Crippen LogP contribution in [-0.4, -0.2) is 37.2 Å².